The van der Waals surface area contributed by atoms with Gasteiger partial charge in [-0.05, 0) is 30.4 Å². The fourth-order valence-electron chi connectivity index (χ4n) is 2.97. The molecule has 0 heterocycles. The summed E-state index contributed by atoms with van der Waals surface area (Å²) < 4.78 is 0. The molecule has 3 atom stereocenters. The largest absolute Gasteiger partial charge is 0.481 e. The zero-order valence-electron chi connectivity index (χ0n) is 12.4. The van der Waals surface area contributed by atoms with Gasteiger partial charge >= 0.3 is 5.97 Å². The van der Waals surface area contributed by atoms with E-state index < -0.39 is 23.2 Å². The summed E-state index contributed by atoms with van der Waals surface area (Å²) in [6, 6.07) is 7.41. The Labute approximate surface area is 129 Å². The number of carboxylic acids is 1. The molecule has 0 aliphatic heterocycles. The second-order valence-electron chi connectivity index (χ2n) is 6.32. The Morgan fingerprint density at radius 3 is 2.48 bits per heavy atom. The molecule has 114 valence electrons. The summed E-state index contributed by atoms with van der Waals surface area (Å²) in [5.41, 5.74) is 0.497. The number of hydrogen-bond acceptors (Lipinski definition) is 2. The Kier molecular flexibility index (Phi) is 4.28. The van der Waals surface area contributed by atoms with E-state index in [0.29, 0.717) is 11.4 Å². The Balaban J connectivity index is 1.95. The molecule has 0 radical (unpaired) electrons. The van der Waals surface area contributed by atoms with E-state index in [2.05, 4.69) is 5.32 Å². The Morgan fingerprint density at radius 2 is 1.95 bits per heavy atom. The minimum Gasteiger partial charge on any atom is -0.481 e. The molecule has 21 heavy (non-hydrogen) atoms. The first-order chi connectivity index (χ1) is 9.75. The van der Waals surface area contributed by atoms with Crippen LogP contribution in [0.5, 0.6) is 0 Å². The molecule has 1 aromatic carbocycles. The third kappa shape index (κ3) is 3.21. The highest BCUT2D eigenvalue weighted by Crippen LogP contribution is 2.58. The molecule has 1 aliphatic carbocycles. The van der Waals surface area contributed by atoms with Gasteiger partial charge in [0.05, 0.1) is 11.8 Å². The average molecular weight is 310 g/mol. The number of nitrogens with one attached hydrogen (secondary N) is 1. The molecule has 0 aromatic heterocycles. The highest BCUT2D eigenvalue weighted by molar-refractivity contribution is 6.31. The van der Waals surface area contributed by atoms with E-state index in [1.165, 1.54) is 0 Å². The van der Waals surface area contributed by atoms with Crippen LogP contribution in [-0.4, -0.2) is 23.0 Å². The van der Waals surface area contributed by atoms with Gasteiger partial charge in [0, 0.05) is 11.1 Å². The molecule has 0 saturated heterocycles. The normalized spacial score (nSPS) is 24.2. The number of carbonyl (C=O) groups is 2. The van der Waals surface area contributed by atoms with Crippen LogP contribution in [0.1, 0.15) is 26.3 Å². The molecule has 1 saturated carbocycles. The van der Waals surface area contributed by atoms with Gasteiger partial charge in [-0.2, -0.15) is 0 Å². The standard InChI is InChI=1S/C16H20ClNO3/c1-9(8-10-6-4-5-7-11(10)17)18-14(19)12-13(15(20)21)16(12,2)3/h4-7,9,12-13H,8H2,1-3H3,(H,18,19)(H,20,21)/t9?,12-,13+/m1/s1. The topological polar surface area (TPSA) is 66.4 Å². The second kappa shape index (κ2) is 5.68. The predicted octanol–water partition coefficient (Wildman–Crippen LogP) is 2.74. The van der Waals surface area contributed by atoms with E-state index in [0.717, 1.165) is 5.56 Å². The van der Waals surface area contributed by atoms with E-state index >= 15 is 0 Å². The van der Waals surface area contributed by atoms with Crippen molar-refractivity contribution < 1.29 is 14.7 Å². The number of aliphatic carboxylic acids is 1. The van der Waals surface area contributed by atoms with Crippen molar-refractivity contribution in [1.82, 2.24) is 5.32 Å². The van der Waals surface area contributed by atoms with E-state index in [9.17, 15) is 9.59 Å². The molecular weight excluding hydrogens is 290 g/mol. The van der Waals surface area contributed by atoms with Crippen molar-refractivity contribution in [3.63, 3.8) is 0 Å². The summed E-state index contributed by atoms with van der Waals surface area (Å²) in [6.45, 7) is 5.52. The summed E-state index contributed by atoms with van der Waals surface area (Å²) in [5.74, 6) is -2.14. The van der Waals surface area contributed by atoms with Gasteiger partial charge in [-0.25, -0.2) is 0 Å². The van der Waals surface area contributed by atoms with Gasteiger partial charge in [-0.3, -0.25) is 9.59 Å². The van der Waals surface area contributed by atoms with E-state index in [1.807, 2.05) is 45.0 Å². The fraction of sp³-hybridized carbons (Fsp3) is 0.500. The molecule has 5 heteroatoms. The van der Waals surface area contributed by atoms with Gasteiger partial charge in [-0.15, -0.1) is 0 Å². The lowest BCUT2D eigenvalue weighted by molar-refractivity contribution is -0.140. The quantitative estimate of drug-likeness (QED) is 0.879. The zero-order valence-corrected chi connectivity index (χ0v) is 13.1. The number of benzene rings is 1. The Morgan fingerprint density at radius 1 is 1.33 bits per heavy atom. The second-order valence-corrected chi connectivity index (χ2v) is 6.73. The molecule has 1 fully saturated rings. The minimum atomic E-state index is -0.904. The minimum absolute atomic E-state index is 0.0942. The molecular formula is C16H20ClNO3. The smallest absolute Gasteiger partial charge is 0.307 e. The third-order valence-corrected chi connectivity index (χ3v) is 4.62. The molecule has 2 rings (SSSR count). The van der Waals surface area contributed by atoms with E-state index in [4.69, 9.17) is 16.7 Å². The summed E-state index contributed by atoms with van der Waals surface area (Å²) in [4.78, 5) is 23.3. The van der Waals surface area contributed by atoms with Crippen LogP contribution in [0.25, 0.3) is 0 Å². The molecule has 4 nitrogen and oxygen atoms in total. The molecule has 1 aliphatic rings. The third-order valence-electron chi connectivity index (χ3n) is 4.25. The van der Waals surface area contributed by atoms with E-state index in [1.54, 1.807) is 0 Å². The van der Waals surface area contributed by atoms with Crippen LogP contribution in [-0.2, 0) is 16.0 Å². The van der Waals surface area contributed by atoms with Gasteiger partial charge < -0.3 is 10.4 Å². The van der Waals surface area contributed by atoms with Crippen LogP contribution < -0.4 is 5.32 Å². The van der Waals surface area contributed by atoms with Crippen molar-refractivity contribution in [3.05, 3.63) is 34.9 Å². The van der Waals surface area contributed by atoms with Crippen LogP contribution >= 0.6 is 11.6 Å². The molecule has 1 aromatic rings. The van der Waals surface area contributed by atoms with Crippen molar-refractivity contribution in [2.45, 2.75) is 33.2 Å². The first kappa shape index (κ1) is 15.8. The maximum absolute atomic E-state index is 12.2. The summed E-state index contributed by atoms with van der Waals surface area (Å²) in [6.07, 6.45) is 0.621. The van der Waals surface area contributed by atoms with Gasteiger partial charge in [0.15, 0.2) is 0 Å². The predicted molar refractivity (Wildman–Crippen MR) is 81.2 cm³/mol. The highest BCUT2D eigenvalue weighted by Gasteiger charge is 2.65. The number of amides is 1. The first-order valence-electron chi connectivity index (χ1n) is 7.01. The van der Waals surface area contributed by atoms with Crippen molar-refractivity contribution in [1.29, 1.82) is 0 Å². The lowest BCUT2D eigenvalue weighted by Gasteiger charge is -2.15. The van der Waals surface area contributed by atoms with Crippen molar-refractivity contribution in [3.8, 4) is 0 Å². The van der Waals surface area contributed by atoms with Gasteiger partial charge in [0.1, 0.15) is 0 Å². The lowest BCUT2D eigenvalue weighted by Crippen LogP contribution is -2.36. The van der Waals surface area contributed by atoms with Crippen molar-refractivity contribution in [2.75, 3.05) is 0 Å². The SMILES string of the molecule is CC(Cc1ccccc1Cl)NC(=O)[C@H]1[C@@H](C(=O)O)C1(C)C. The number of carbonyl (C=O) groups excluding carboxylic acids is 1. The van der Waals surface area contributed by atoms with Crippen molar-refractivity contribution in [2.24, 2.45) is 17.3 Å². The molecule has 1 unspecified atom stereocenters. The molecule has 0 bridgehead atoms. The lowest BCUT2D eigenvalue weighted by atomic mass is 10.1. The molecule has 1 amide bonds. The monoisotopic (exact) mass is 309 g/mol. The number of halogens is 1. The summed E-state index contributed by atoms with van der Waals surface area (Å²) in [7, 11) is 0. The van der Waals surface area contributed by atoms with Crippen molar-refractivity contribution >= 4 is 23.5 Å². The molecule has 2 N–H and O–H groups in total. The maximum Gasteiger partial charge on any atom is 0.307 e. The van der Waals surface area contributed by atoms with Gasteiger partial charge in [0.25, 0.3) is 0 Å². The van der Waals surface area contributed by atoms with Crippen LogP contribution in [0, 0.1) is 17.3 Å². The average Bonchev–Trinajstić information content (AvgIpc) is 2.95. The fourth-order valence-corrected chi connectivity index (χ4v) is 3.18. The van der Waals surface area contributed by atoms with Crippen LogP contribution in [0.3, 0.4) is 0 Å². The van der Waals surface area contributed by atoms with Gasteiger partial charge in [-0.1, -0.05) is 43.6 Å². The summed E-state index contributed by atoms with van der Waals surface area (Å²) in [5, 5.41) is 12.7. The Bertz CT molecular complexity index is 570. The van der Waals surface area contributed by atoms with E-state index in [-0.39, 0.29) is 11.9 Å². The highest BCUT2D eigenvalue weighted by atomic mass is 35.5. The van der Waals surface area contributed by atoms with Crippen LogP contribution in [0.4, 0.5) is 0 Å². The number of hydrogen-bond donors (Lipinski definition) is 2. The Hall–Kier alpha value is -1.55. The number of carboxylic acid groups (broad SMARTS) is 1. The molecule has 0 spiro atoms. The number of rotatable bonds is 5. The maximum atomic E-state index is 12.2. The van der Waals surface area contributed by atoms with Crippen LogP contribution in [0.15, 0.2) is 24.3 Å². The zero-order chi connectivity index (χ0) is 15.8. The van der Waals surface area contributed by atoms with Gasteiger partial charge in [0.2, 0.25) is 5.91 Å². The van der Waals surface area contributed by atoms with Crippen LogP contribution in [0.2, 0.25) is 5.02 Å². The summed E-state index contributed by atoms with van der Waals surface area (Å²) >= 11 is 6.10. The first-order valence-corrected chi connectivity index (χ1v) is 7.39.